The zero-order valence-electron chi connectivity index (χ0n) is 27.6. The summed E-state index contributed by atoms with van der Waals surface area (Å²) in [5.41, 5.74) is 13.4. The van der Waals surface area contributed by atoms with Crippen LogP contribution in [0.15, 0.2) is 186 Å². The Hall–Kier alpha value is -6.84. The highest BCUT2D eigenvalue weighted by Crippen LogP contribution is 2.42. The first-order valence-corrected chi connectivity index (χ1v) is 17.4. The van der Waals surface area contributed by atoms with Gasteiger partial charge in [-0.1, -0.05) is 133 Å². The summed E-state index contributed by atoms with van der Waals surface area (Å²) in [7, 11) is 0. The van der Waals surface area contributed by atoms with Gasteiger partial charge in [0.15, 0.2) is 0 Å². The average Bonchev–Trinajstić information content (AvgIpc) is 3.85. The predicted molar refractivity (Wildman–Crippen MR) is 213 cm³/mol. The monoisotopic (exact) mass is 650 g/mol. The van der Waals surface area contributed by atoms with Crippen molar-refractivity contribution in [3.63, 3.8) is 0 Å². The molecule has 3 heterocycles. The fraction of sp³-hybridized carbons (Fsp3) is 0. The van der Waals surface area contributed by atoms with Gasteiger partial charge in [-0.15, -0.1) is 0 Å². The van der Waals surface area contributed by atoms with Crippen molar-refractivity contribution in [3.05, 3.63) is 182 Å². The minimum absolute atomic E-state index is 0.905. The highest BCUT2D eigenvalue weighted by molar-refractivity contribution is 6.14. The molecule has 0 atom stereocenters. The van der Waals surface area contributed by atoms with Gasteiger partial charge in [-0.05, 0) is 59.7 Å². The number of rotatable bonds is 4. The van der Waals surface area contributed by atoms with Gasteiger partial charge < -0.3 is 13.6 Å². The van der Waals surface area contributed by atoms with Crippen LogP contribution in [0.25, 0.3) is 99.2 Å². The molecule has 0 aliphatic rings. The summed E-state index contributed by atoms with van der Waals surface area (Å²) in [5.74, 6) is 0. The third-order valence-electron chi connectivity index (χ3n) is 10.5. The van der Waals surface area contributed by atoms with Gasteiger partial charge >= 0.3 is 0 Å². The molecule has 11 aromatic rings. The molecule has 0 unspecified atom stereocenters. The van der Waals surface area contributed by atoms with Gasteiger partial charge in [-0.25, -0.2) is 0 Å². The van der Waals surface area contributed by atoms with Crippen molar-refractivity contribution in [2.75, 3.05) is 0 Å². The number of hydrogen-bond donors (Lipinski definition) is 0. The second-order valence-electron chi connectivity index (χ2n) is 13.3. The lowest BCUT2D eigenvalue weighted by Gasteiger charge is -2.15. The third-order valence-corrected chi connectivity index (χ3v) is 10.5. The molecule has 0 spiro atoms. The van der Waals surface area contributed by atoms with Crippen LogP contribution >= 0.6 is 0 Å². The minimum atomic E-state index is 0.905. The maximum Gasteiger partial charge on any atom is 0.143 e. The Morgan fingerprint density at radius 1 is 0.333 bits per heavy atom. The van der Waals surface area contributed by atoms with Crippen molar-refractivity contribution >= 4 is 65.6 Å². The first-order valence-electron chi connectivity index (χ1n) is 17.4. The zero-order chi connectivity index (χ0) is 33.5. The van der Waals surface area contributed by atoms with Crippen molar-refractivity contribution in [1.29, 1.82) is 0 Å². The summed E-state index contributed by atoms with van der Waals surface area (Å²) in [5, 5.41) is 7.24. The molecule has 0 fully saturated rings. The predicted octanol–water partition coefficient (Wildman–Crippen LogP) is 13.1. The standard InChI is InChI=1S/C48H30N2O/c1-2-13-33(14-3-1)49-42-21-8-4-15-34(42)37-27-25-31(29-45(37)49)32-26-28-38-35-16-5-9-22-43(35)50(46(38)30-32)44-23-10-6-17-36(44)40-19-12-20-41-39-18-7-11-24-47(39)51-48(40)41/h1-30H. The molecule has 3 nitrogen and oxygen atoms in total. The topological polar surface area (TPSA) is 23.0 Å². The van der Waals surface area contributed by atoms with Crippen molar-refractivity contribution < 1.29 is 4.42 Å². The van der Waals surface area contributed by atoms with E-state index >= 15 is 0 Å². The minimum Gasteiger partial charge on any atom is -0.455 e. The van der Waals surface area contributed by atoms with Crippen LogP contribution in [0.2, 0.25) is 0 Å². The molecular formula is C48H30N2O. The summed E-state index contributed by atoms with van der Waals surface area (Å²) in [6.45, 7) is 0. The van der Waals surface area contributed by atoms with Crippen LogP contribution in [0.5, 0.6) is 0 Å². The Morgan fingerprint density at radius 2 is 0.863 bits per heavy atom. The summed E-state index contributed by atoms with van der Waals surface area (Å²) < 4.78 is 11.4. The number of aromatic nitrogens is 2. The van der Waals surface area contributed by atoms with Gasteiger partial charge in [-0.2, -0.15) is 0 Å². The second-order valence-corrected chi connectivity index (χ2v) is 13.3. The summed E-state index contributed by atoms with van der Waals surface area (Å²) in [4.78, 5) is 0. The zero-order valence-corrected chi connectivity index (χ0v) is 27.6. The molecule has 51 heavy (non-hydrogen) atoms. The first kappa shape index (κ1) is 28.0. The van der Waals surface area contributed by atoms with Gasteiger partial charge in [0.25, 0.3) is 0 Å². The molecule has 11 rings (SSSR count). The third kappa shape index (κ3) is 4.12. The highest BCUT2D eigenvalue weighted by atomic mass is 16.3. The molecular weight excluding hydrogens is 621 g/mol. The van der Waals surface area contributed by atoms with E-state index < -0.39 is 0 Å². The number of furan rings is 1. The molecule has 0 radical (unpaired) electrons. The summed E-state index contributed by atoms with van der Waals surface area (Å²) in [6.07, 6.45) is 0. The lowest BCUT2D eigenvalue weighted by atomic mass is 10.00. The average molecular weight is 651 g/mol. The van der Waals surface area contributed by atoms with E-state index in [1.54, 1.807) is 0 Å². The van der Waals surface area contributed by atoms with Crippen molar-refractivity contribution in [2.24, 2.45) is 0 Å². The maximum atomic E-state index is 6.55. The van der Waals surface area contributed by atoms with E-state index in [1.807, 2.05) is 6.07 Å². The van der Waals surface area contributed by atoms with Crippen LogP contribution in [-0.2, 0) is 0 Å². The second kappa shape index (κ2) is 10.8. The lowest BCUT2D eigenvalue weighted by molar-refractivity contribution is 0.670. The van der Waals surface area contributed by atoms with Gasteiger partial charge in [0.1, 0.15) is 11.2 Å². The van der Waals surface area contributed by atoms with E-state index in [4.69, 9.17) is 4.42 Å². The number of benzene rings is 8. The number of nitrogens with zero attached hydrogens (tertiary/aromatic N) is 2. The largest absolute Gasteiger partial charge is 0.455 e. The molecule has 0 N–H and O–H groups in total. The van der Waals surface area contributed by atoms with Crippen molar-refractivity contribution in [2.45, 2.75) is 0 Å². The molecule has 0 amide bonds. The normalized spacial score (nSPS) is 11.9. The molecule has 3 aromatic heterocycles. The Labute approximate surface area is 293 Å². The molecule has 0 saturated heterocycles. The molecule has 0 aliphatic carbocycles. The van der Waals surface area contributed by atoms with E-state index in [2.05, 4.69) is 185 Å². The van der Waals surface area contributed by atoms with E-state index in [9.17, 15) is 0 Å². The summed E-state index contributed by atoms with van der Waals surface area (Å²) in [6, 6.07) is 65.5. The molecule has 0 aliphatic heterocycles. The number of para-hydroxylation sites is 6. The van der Waals surface area contributed by atoms with Gasteiger partial charge in [0.2, 0.25) is 0 Å². The Kier molecular flexibility index (Phi) is 5.96. The van der Waals surface area contributed by atoms with Crippen LogP contribution in [0, 0.1) is 0 Å². The lowest BCUT2D eigenvalue weighted by Crippen LogP contribution is -1.97. The van der Waals surface area contributed by atoms with E-state index in [-0.39, 0.29) is 0 Å². The van der Waals surface area contributed by atoms with Gasteiger partial charge in [0, 0.05) is 49.1 Å². The van der Waals surface area contributed by atoms with E-state index in [1.165, 1.54) is 54.7 Å². The molecule has 8 aromatic carbocycles. The Balaban J connectivity index is 1.16. The molecule has 0 saturated carbocycles. The van der Waals surface area contributed by atoms with Crippen LogP contribution in [0.1, 0.15) is 0 Å². The fourth-order valence-electron chi connectivity index (χ4n) is 8.27. The van der Waals surface area contributed by atoms with E-state index in [0.717, 1.165) is 44.4 Å². The molecule has 238 valence electrons. The Morgan fingerprint density at radius 3 is 1.61 bits per heavy atom. The maximum absolute atomic E-state index is 6.55. The van der Waals surface area contributed by atoms with Crippen LogP contribution in [-0.4, -0.2) is 9.13 Å². The number of hydrogen-bond acceptors (Lipinski definition) is 1. The van der Waals surface area contributed by atoms with Crippen LogP contribution in [0.4, 0.5) is 0 Å². The fourth-order valence-corrected chi connectivity index (χ4v) is 8.27. The quantitative estimate of drug-likeness (QED) is 0.186. The molecule has 0 bridgehead atoms. The highest BCUT2D eigenvalue weighted by Gasteiger charge is 2.20. The first-order chi connectivity index (χ1) is 25.3. The van der Waals surface area contributed by atoms with Crippen molar-refractivity contribution in [3.8, 4) is 33.6 Å². The van der Waals surface area contributed by atoms with Crippen LogP contribution < -0.4 is 0 Å². The molecule has 3 heteroatoms. The van der Waals surface area contributed by atoms with Gasteiger partial charge in [-0.3, -0.25) is 0 Å². The SMILES string of the molecule is c1ccc(-n2c3ccccc3c3ccc(-c4ccc5c6ccccc6n(-c6ccccc6-c6cccc7c6oc6ccccc67)c5c4)cc32)cc1. The Bertz CT molecular complexity index is 3140. The smallest absolute Gasteiger partial charge is 0.143 e. The van der Waals surface area contributed by atoms with E-state index in [0.29, 0.717) is 0 Å². The summed E-state index contributed by atoms with van der Waals surface area (Å²) >= 11 is 0. The van der Waals surface area contributed by atoms with Crippen LogP contribution in [0.3, 0.4) is 0 Å². The number of fused-ring (bicyclic) bond motifs is 9. The van der Waals surface area contributed by atoms with Gasteiger partial charge in [0.05, 0.1) is 27.8 Å². The van der Waals surface area contributed by atoms with Crippen molar-refractivity contribution in [1.82, 2.24) is 9.13 Å².